The first-order chi connectivity index (χ1) is 22.6. The summed E-state index contributed by atoms with van der Waals surface area (Å²) < 4.78 is 0. The van der Waals surface area contributed by atoms with Crippen LogP contribution in [0.4, 0.5) is 0 Å². The lowest BCUT2D eigenvalue weighted by Gasteiger charge is -2.16. The van der Waals surface area contributed by atoms with Gasteiger partial charge in [0.1, 0.15) is 11.6 Å². The molecule has 0 aliphatic heterocycles. The average molecular weight is 591 g/mol. The van der Waals surface area contributed by atoms with Gasteiger partial charge in [0, 0.05) is 21.9 Å². The van der Waals surface area contributed by atoms with Crippen LogP contribution in [0, 0.1) is 13.8 Å². The second kappa shape index (κ2) is 11.5. The van der Waals surface area contributed by atoms with Crippen molar-refractivity contribution in [1.29, 1.82) is 0 Å². The highest BCUT2D eigenvalue weighted by Gasteiger charge is 2.16. The monoisotopic (exact) mass is 590 g/mol. The van der Waals surface area contributed by atoms with Crippen molar-refractivity contribution < 1.29 is 0 Å². The Balaban J connectivity index is 1.25. The lowest BCUT2D eigenvalue weighted by molar-refractivity contribution is 1.10. The number of rotatable bonds is 5. The van der Waals surface area contributed by atoms with E-state index in [1.54, 1.807) is 0 Å². The molecule has 6 aromatic carbocycles. The fourth-order valence-electron chi connectivity index (χ4n) is 6.43. The Bertz CT molecular complexity index is 2240. The molecule has 0 N–H and O–H groups in total. The summed E-state index contributed by atoms with van der Waals surface area (Å²) in [5.41, 5.74) is 12.9. The van der Waals surface area contributed by atoms with Crippen LogP contribution in [-0.2, 0) is 0 Å². The van der Waals surface area contributed by atoms with Crippen LogP contribution in [0.2, 0.25) is 0 Å². The molecule has 0 spiro atoms. The first-order valence-corrected chi connectivity index (χ1v) is 15.5. The molecule has 0 aliphatic rings. The van der Waals surface area contributed by atoms with E-state index >= 15 is 0 Å². The third kappa shape index (κ3) is 5.00. The summed E-state index contributed by atoms with van der Waals surface area (Å²) in [6, 6.07) is 51.1. The number of hydrogen-bond donors (Lipinski definition) is 0. The Kier molecular flexibility index (Phi) is 6.88. The van der Waals surface area contributed by atoms with E-state index in [0.29, 0.717) is 0 Å². The van der Waals surface area contributed by atoms with Crippen LogP contribution in [-0.4, -0.2) is 19.9 Å². The molecule has 0 bridgehead atoms. The number of benzene rings is 6. The van der Waals surface area contributed by atoms with Crippen LogP contribution in [0.3, 0.4) is 0 Å². The van der Waals surface area contributed by atoms with Crippen molar-refractivity contribution in [3.8, 4) is 55.9 Å². The minimum atomic E-state index is 0.765. The van der Waals surface area contributed by atoms with Crippen molar-refractivity contribution >= 4 is 21.8 Å². The minimum Gasteiger partial charge on any atom is -0.233 e. The molecule has 46 heavy (non-hydrogen) atoms. The SMILES string of the molecule is Cc1nc(-c2cccc(-c3ccccc3-c3ccccc3-c3cccc(-c4nc(C)nc5ccccc45)c3)c2)c2ccccc2n1. The lowest BCUT2D eigenvalue weighted by atomic mass is 9.88. The fourth-order valence-corrected chi connectivity index (χ4v) is 6.43. The molecule has 2 heterocycles. The molecule has 4 heteroatoms. The maximum Gasteiger partial charge on any atom is 0.126 e. The summed E-state index contributed by atoms with van der Waals surface area (Å²) in [6.45, 7) is 3.91. The third-order valence-electron chi connectivity index (χ3n) is 8.47. The van der Waals surface area contributed by atoms with Crippen LogP contribution in [0.15, 0.2) is 146 Å². The Morgan fingerprint density at radius 2 is 0.696 bits per heavy atom. The maximum atomic E-state index is 4.88. The van der Waals surface area contributed by atoms with Crippen LogP contribution in [0.25, 0.3) is 77.7 Å². The third-order valence-corrected chi connectivity index (χ3v) is 8.47. The maximum absolute atomic E-state index is 4.88. The molecule has 4 nitrogen and oxygen atoms in total. The van der Waals surface area contributed by atoms with Gasteiger partial charge in [-0.05, 0) is 71.5 Å². The molecular formula is C42H30N4. The number of hydrogen-bond acceptors (Lipinski definition) is 4. The summed E-state index contributed by atoms with van der Waals surface area (Å²) in [6.07, 6.45) is 0. The average Bonchev–Trinajstić information content (AvgIpc) is 3.11. The van der Waals surface area contributed by atoms with Crippen LogP contribution >= 0.6 is 0 Å². The normalized spacial score (nSPS) is 11.3. The molecule has 0 unspecified atom stereocenters. The number of aromatic nitrogens is 4. The number of para-hydroxylation sites is 2. The van der Waals surface area contributed by atoms with Gasteiger partial charge in [0.15, 0.2) is 0 Å². The van der Waals surface area contributed by atoms with Gasteiger partial charge in [0.05, 0.1) is 22.4 Å². The lowest BCUT2D eigenvalue weighted by Crippen LogP contribution is -1.95. The van der Waals surface area contributed by atoms with Crippen molar-refractivity contribution in [1.82, 2.24) is 19.9 Å². The van der Waals surface area contributed by atoms with Crippen molar-refractivity contribution in [3.05, 3.63) is 157 Å². The summed E-state index contributed by atoms with van der Waals surface area (Å²) >= 11 is 0. The summed E-state index contributed by atoms with van der Waals surface area (Å²) in [7, 11) is 0. The van der Waals surface area contributed by atoms with E-state index < -0.39 is 0 Å². The summed E-state index contributed by atoms with van der Waals surface area (Å²) in [5, 5.41) is 2.10. The number of nitrogens with zero attached hydrogens (tertiary/aromatic N) is 4. The van der Waals surface area contributed by atoms with E-state index in [4.69, 9.17) is 9.97 Å². The first kappa shape index (κ1) is 27.5. The van der Waals surface area contributed by atoms with Crippen molar-refractivity contribution in [2.24, 2.45) is 0 Å². The van der Waals surface area contributed by atoms with E-state index in [1.807, 2.05) is 50.2 Å². The first-order valence-electron chi connectivity index (χ1n) is 15.5. The Hall–Kier alpha value is -6.00. The topological polar surface area (TPSA) is 51.6 Å². The second-order valence-corrected chi connectivity index (χ2v) is 11.5. The molecule has 8 rings (SSSR count). The van der Waals surface area contributed by atoms with Crippen LogP contribution < -0.4 is 0 Å². The largest absolute Gasteiger partial charge is 0.233 e. The van der Waals surface area contributed by atoms with Crippen LogP contribution in [0.1, 0.15) is 11.6 Å². The molecular weight excluding hydrogens is 560 g/mol. The van der Waals surface area contributed by atoms with E-state index in [2.05, 4.69) is 119 Å². The standard InChI is InChI=1S/C42H30N4/c1-27-43-39-23-9-7-21-37(39)41(45-27)31-15-11-13-29(25-31)33-17-3-5-19-35(33)36-20-6-4-18-34(36)30-14-12-16-32(26-30)42-38-22-8-10-24-40(38)44-28(2)46-42/h3-26H,1-2H3. The quantitative estimate of drug-likeness (QED) is 0.200. The van der Waals surface area contributed by atoms with E-state index in [9.17, 15) is 0 Å². The number of aryl methyl sites for hydroxylation is 2. The van der Waals surface area contributed by atoms with E-state index in [-0.39, 0.29) is 0 Å². The molecule has 8 aromatic rings. The zero-order valence-corrected chi connectivity index (χ0v) is 25.6. The molecule has 0 aliphatic carbocycles. The Labute approximate surface area is 268 Å². The molecule has 0 radical (unpaired) electrons. The highest BCUT2D eigenvalue weighted by atomic mass is 14.9. The van der Waals surface area contributed by atoms with Gasteiger partial charge in [-0.2, -0.15) is 0 Å². The fraction of sp³-hybridized carbons (Fsp3) is 0.0476. The van der Waals surface area contributed by atoms with Crippen molar-refractivity contribution in [3.63, 3.8) is 0 Å². The van der Waals surface area contributed by atoms with Gasteiger partial charge in [-0.25, -0.2) is 19.9 Å². The minimum absolute atomic E-state index is 0.765. The molecule has 0 saturated carbocycles. The van der Waals surface area contributed by atoms with Gasteiger partial charge in [0.25, 0.3) is 0 Å². The molecule has 0 saturated heterocycles. The highest BCUT2D eigenvalue weighted by molar-refractivity contribution is 5.97. The highest BCUT2D eigenvalue weighted by Crippen LogP contribution is 2.40. The Morgan fingerprint density at radius 1 is 0.326 bits per heavy atom. The zero-order valence-electron chi connectivity index (χ0n) is 25.6. The van der Waals surface area contributed by atoms with Gasteiger partial charge < -0.3 is 0 Å². The smallest absolute Gasteiger partial charge is 0.126 e. The molecule has 218 valence electrons. The van der Waals surface area contributed by atoms with Gasteiger partial charge in [-0.15, -0.1) is 0 Å². The van der Waals surface area contributed by atoms with Crippen LogP contribution in [0.5, 0.6) is 0 Å². The van der Waals surface area contributed by atoms with Gasteiger partial charge in [-0.3, -0.25) is 0 Å². The predicted octanol–water partition coefficient (Wildman–Crippen LogP) is 10.5. The predicted molar refractivity (Wildman–Crippen MR) is 189 cm³/mol. The summed E-state index contributed by atoms with van der Waals surface area (Å²) in [5.74, 6) is 1.53. The molecule has 0 amide bonds. The molecule has 2 aromatic heterocycles. The van der Waals surface area contributed by atoms with E-state index in [1.165, 1.54) is 22.3 Å². The second-order valence-electron chi connectivity index (χ2n) is 11.5. The van der Waals surface area contributed by atoms with E-state index in [0.717, 1.165) is 67.1 Å². The van der Waals surface area contributed by atoms with Gasteiger partial charge in [-0.1, -0.05) is 121 Å². The van der Waals surface area contributed by atoms with Crippen molar-refractivity contribution in [2.45, 2.75) is 13.8 Å². The van der Waals surface area contributed by atoms with Crippen molar-refractivity contribution in [2.75, 3.05) is 0 Å². The number of fused-ring (bicyclic) bond motifs is 2. The zero-order chi connectivity index (χ0) is 31.0. The molecule has 0 fully saturated rings. The Morgan fingerprint density at radius 3 is 1.15 bits per heavy atom. The summed E-state index contributed by atoms with van der Waals surface area (Å²) in [4.78, 5) is 19.1. The van der Waals surface area contributed by atoms with Gasteiger partial charge >= 0.3 is 0 Å². The van der Waals surface area contributed by atoms with Gasteiger partial charge in [0.2, 0.25) is 0 Å². The molecule has 0 atom stereocenters.